The summed E-state index contributed by atoms with van der Waals surface area (Å²) in [5.41, 5.74) is 0. The number of nitrogens with zero attached hydrogens (tertiary/aromatic N) is 1. The van der Waals surface area contributed by atoms with Crippen molar-refractivity contribution in [2.24, 2.45) is 0 Å². The summed E-state index contributed by atoms with van der Waals surface area (Å²) in [5.74, 6) is -0.680. The SMILES string of the molecule is C#CC[N+](C)(C)CC(=O)OC1O[C@H](COC(=O)CCC)[C@@H](OC(=O)CCC)[C@H](OC(=O)CCC)[C@H]1OC(=O)CCC.[Cl-]. The number of halogens is 1. The molecule has 0 amide bonds. The average molecular weight is 620 g/mol. The van der Waals surface area contributed by atoms with Crippen LogP contribution >= 0.6 is 0 Å². The third-order valence-corrected chi connectivity index (χ3v) is 5.94. The first kappa shape index (κ1) is 39.1. The van der Waals surface area contributed by atoms with Crippen LogP contribution in [0.1, 0.15) is 79.1 Å². The molecule has 12 nitrogen and oxygen atoms in total. The summed E-state index contributed by atoms with van der Waals surface area (Å²) in [7, 11) is 3.46. The predicted octanol–water partition coefficient (Wildman–Crippen LogP) is -0.553. The maximum Gasteiger partial charge on any atom is 0.364 e. The third kappa shape index (κ3) is 13.9. The zero-order chi connectivity index (χ0) is 31.0. The van der Waals surface area contributed by atoms with Crippen LogP contribution in [-0.4, -0.2) is 98.8 Å². The van der Waals surface area contributed by atoms with Crippen LogP contribution in [0.5, 0.6) is 0 Å². The van der Waals surface area contributed by atoms with Gasteiger partial charge in [0, 0.05) is 25.7 Å². The highest BCUT2D eigenvalue weighted by Gasteiger charge is 2.54. The number of likely N-dealkylation sites (N-methyl/N-ethyl adjacent to an activating group) is 1. The number of ether oxygens (including phenoxy) is 6. The molecule has 5 atom stereocenters. The zero-order valence-electron chi connectivity index (χ0n) is 25.6. The lowest BCUT2D eigenvalue weighted by atomic mass is 9.97. The van der Waals surface area contributed by atoms with Crippen molar-refractivity contribution < 1.29 is 69.3 Å². The van der Waals surface area contributed by atoms with Crippen LogP contribution in [0.25, 0.3) is 0 Å². The Bertz CT molecular complexity index is 933. The van der Waals surface area contributed by atoms with Crippen LogP contribution in [0, 0.1) is 12.3 Å². The molecule has 13 heteroatoms. The first-order valence-electron chi connectivity index (χ1n) is 14.3. The lowest BCUT2D eigenvalue weighted by Gasteiger charge is -2.44. The smallest absolute Gasteiger partial charge is 0.364 e. The van der Waals surface area contributed by atoms with Gasteiger partial charge in [0.25, 0.3) is 0 Å². The van der Waals surface area contributed by atoms with Gasteiger partial charge in [0.05, 0.1) is 14.1 Å². The van der Waals surface area contributed by atoms with Crippen molar-refractivity contribution in [3.05, 3.63) is 0 Å². The Kier molecular flexibility index (Phi) is 18.7. The van der Waals surface area contributed by atoms with Crippen molar-refractivity contribution in [3.8, 4) is 12.3 Å². The van der Waals surface area contributed by atoms with Crippen LogP contribution in [-0.2, 0) is 52.4 Å². The number of quaternary nitrogens is 1. The Balaban J connectivity index is 0.0000168. The highest BCUT2D eigenvalue weighted by molar-refractivity contribution is 5.73. The maximum atomic E-state index is 13.0. The lowest BCUT2D eigenvalue weighted by molar-refractivity contribution is -0.875. The number of carbonyl (C=O) groups is 5. The molecule has 42 heavy (non-hydrogen) atoms. The number of hydrogen-bond acceptors (Lipinski definition) is 11. The fourth-order valence-electron chi connectivity index (χ4n) is 4.02. The topological polar surface area (TPSA) is 141 Å². The minimum absolute atomic E-state index is 0. The molecule has 0 aliphatic carbocycles. The van der Waals surface area contributed by atoms with Crippen molar-refractivity contribution >= 4 is 29.8 Å². The number of rotatable bonds is 17. The molecule has 0 N–H and O–H groups in total. The van der Waals surface area contributed by atoms with Gasteiger partial charge >= 0.3 is 29.8 Å². The Hall–Kier alpha value is -2.88. The molecule has 0 aromatic heterocycles. The van der Waals surface area contributed by atoms with Gasteiger partial charge in [-0.2, -0.15) is 0 Å². The second kappa shape index (κ2) is 20.1. The predicted molar refractivity (Wildman–Crippen MR) is 146 cm³/mol. The summed E-state index contributed by atoms with van der Waals surface area (Å²) in [6.45, 7) is 6.83. The molecule has 240 valence electrons. The van der Waals surface area contributed by atoms with Gasteiger partial charge in [-0.15, -0.1) is 6.42 Å². The van der Waals surface area contributed by atoms with Crippen molar-refractivity contribution in [1.82, 2.24) is 0 Å². The summed E-state index contributed by atoms with van der Waals surface area (Å²) < 4.78 is 34.1. The first-order valence-corrected chi connectivity index (χ1v) is 14.3. The molecular weight excluding hydrogens is 574 g/mol. The van der Waals surface area contributed by atoms with E-state index >= 15 is 0 Å². The van der Waals surface area contributed by atoms with E-state index in [4.69, 9.17) is 34.8 Å². The van der Waals surface area contributed by atoms with Crippen LogP contribution < -0.4 is 12.4 Å². The molecule has 0 bridgehead atoms. The van der Waals surface area contributed by atoms with E-state index in [9.17, 15) is 24.0 Å². The number of esters is 5. The van der Waals surface area contributed by atoms with E-state index in [0.717, 1.165) is 0 Å². The van der Waals surface area contributed by atoms with E-state index < -0.39 is 67.2 Å². The van der Waals surface area contributed by atoms with Crippen LogP contribution in [0.15, 0.2) is 0 Å². The third-order valence-electron chi connectivity index (χ3n) is 5.94. The molecular formula is C29H46ClNO11. The minimum Gasteiger partial charge on any atom is -1.00 e. The monoisotopic (exact) mass is 619 g/mol. The Morgan fingerprint density at radius 1 is 0.690 bits per heavy atom. The molecule has 1 fully saturated rings. The molecule has 1 rings (SSSR count). The Morgan fingerprint density at radius 3 is 1.62 bits per heavy atom. The summed E-state index contributed by atoms with van der Waals surface area (Å²) in [6.07, 6.45) is 0.611. The van der Waals surface area contributed by atoms with E-state index in [2.05, 4.69) is 5.92 Å². The van der Waals surface area contributed by atoms with Gasteiger partial charge in [-0.05, 0) is 31.6 Å². The molecule has 0 aromatic carbocycles. The van der Waals surface area contributed by atoms with Gasteiger partial charge in [0.1, 0.15) is 19.3 Å². The molecule has 0 saturated carbocycles. The highest BCUT2D eigenvalue weighted by atomic mass is 35.5. The van der Waals surface area contributed by atoms with E-state index in [-0.39, 0.29) is 55.7 Å². The van der Waals surface area contributed by atoms with Gasteiger partial charge in [0.15, 0.2) is 18.8 Å². The van der Waals surface area contributed by atoms with Gasteiger partial charge in [-0.3, -0.25) is 19.2 Å². The molecule has 0 radical (unpaired) electrons. The molecule has 1 unspecified atom stereocenters. The van der Waals surface area contributed by atoms with E-state index in [1.165, 1.54) is 0 Å². The second-order valence-corrected chi connectivity index (χ2v) is 10.5. The zero-order valence-corrected chi connectivity index (χ0v) is 26.3. The van der Waals surface area contributed by atoms with Crippen LogP contribution in [0.3, 0.4) is 0 Å². The van der Waals surface area contributed by atoms with Gasteiger partial charge < -0.3 is 45.3 Å². The summed E-state index contributed by atoms with van der Waals surface area (Å²) >= 11 is 0. The fraction of sp³-hybridized carbons (Fsp3) is 0.759. The summed E-state index contributed by atoms with van der Waals surface area (Å²) in [4.78, 5) is 63.2. The first-order chi connectivity index (χ1) is 19.4. The molecule has 1 saturated heterocycles. The molecule has 1 heterocycles. The van der Waals surface area contributed by atoms with Crippen LogP contribution in [0.4, 0.5) is 0 Å². The normalized spacial score (nSPS) is 21.6. The van der Waals surface area contributed by atoms with Gasteiger partial charge in [-0.1, -0.05) is 27.7 Å². The van der Waals surface area contributed by atoms with E-state index in [0.29, 0.717) is 25.7 Å². The number of terminal acetylenes is 1. The lowest BCUT2D eigenvalue weighted by Crippen LogP contribution is -3.00. The van der Waals surface area contributed by atoms with Gasteiger partial charge in [-0.25, -0.2) is 4.79 Å². The van der Waals surface area contributed by atoms with Crippen molar-refractivity contribution in [2.45, 2.75) is 110 Å². The average Bonchev–Trinajstić information content (AvgIpc) is 2.86. The number of carbonyl (C=O) groups excluding carboxylic acids is 5. The van der Waals surface area contributed by atoms with E-state index in [1.54, 1.807) is 34.9 Å². The molecule has 0 spiro atoms. The molecule has 1 aliphatic heterocycles. The van der Waals surface area contributed by atoms with Crippen molar-refractivity contribution in [1.29, 1.82) is 0 Å². The quantitative estimate of drug-likeness (QED) is 0.0896. The fourth-order valence-corrected chi connectivity index (χ4v) is 4.02. The van der Waals surface area contributed by atoms with Gasteiger partial charge in [0.2, 0.25) is 12.4 Å². The summed E-state index contributed by atoms with van der Waals surface area (Å²) in [5, 5.41) is 0. The van der Waals surface area contributed by atoms with Crippen LogP contribution in [0.2, 0.25) is 0 Å². The molecule has 0 aromatic rings. The number of hydrogen-bond donors (Lipinski definition) is 0. The van der Waals surface area contributed by atoms with Crippen molar-refractivity contribution in [3.63, 3.8) is 0 Å². The highest BCUT2D eigenvalue weighted by Crippen LogP contribution is 2.31. The summed E-state index contributed by atoms with van der Waals surface area (Å²) in [6, 6.07) is 0. The molecule has 1 aliphatic rings. The Morgan fingerprint density at radius 2 is 1.14 bits per heavy atom. The largest absolute Gasteiger partial charge is 1.00 e. The van der Waals surface area contributed by atoms with Crippen molar-refractivity contribution in [2.75, 3.05) is 33.8 Å². The Labute approximate surface area is 255 Å². The van der Waals surface area contributed by atoms with E-state index in [1.807, 2.05) is 6.92 Å². The standard InChI is InChI=1S/C29H46NO11.ClH/c1-8-13-21(31)36-19-20-26(38-22(32)14-9-2)27(39-23(33)15-10-3)28(40-24(34)16-11-4)29(37-20)41-25(35)18-30(6,7)17-12-5;/h5,20,26-29H,8-11,13-19H2,1-4,6-7H3;1H/q+1;/p-1/t20-,26-,27+,28-,29?;/m1./s1. The maximum absolute atomic E-state index is 13.0. The minimum atomic E-state index is -1.57. The second-order valence-electron chi connectivity index (χ2n) is 10.5.